The fraction of sp³-hybridized carbons (Fsp3) is 0.133. The van der Waals surface area contributed by atoms with E-state index in [-0.39, 0.29) is 12.4 Å². The minimum atomic E-state index is -0.886. The van der Waals surface area contributed by atoms with Gasteiger partial charge in [0, 0.05) is 16.2 Å². The Labute approximate surface area is 125 Å². The Morgan fingerprint density at radius 1 is 1.29 bits per heavy atom. The predicted octanol–water partition coefficient (Wildman–Crippen LogP) is 3.26. The number of carbonyl (C=O) groups is 1. The molecule has 2 rings (SSSR count). The van der Waals surface area contributed by atoms with Crippen molar-refractivity contribution in [2.24, 2.45) is 5.73 Å². The summed E-state index contributed by atoms with van der Waals surface area (Å²) >= 11 is 1.60. The highest BCUT2D eigenvalue weighted by Gasteiger charge is 2.03. The average Bonchev–Trinajstić information content (AvgIpc) is 2.89. The minimum Gasteiger partial charge on any atom is -0.350 e. The first-order chi connectivity index (χ1) is 10.0. The number of hydrogen-bond donors (Lipinski definition) is 2. The Morgan fingerprint density at radius 3 is 2.67 bits per heavy atom. The number of urea groups is 1. The molecule has 0 aliphatic rings. The molecule has 2 aromatic rings. The van der Waals surface area contributed by atoms with Gasteiger partial charge in [0.1, 0.15) is 5.82 Å². The number of nitrogens with two attached hydrogens (primary N) is 1. The van der Waals surface area contributed by atoms with Crippen LogP contribution in [-0.2, 0) is 6.42 Å². The molecule has 0 radical (unpaired) electrons. The summed E-state index contributed by atoms with van der Waals surface area (Å²) in [6.07, 6.45) is 4.20. The number of nitrogens with zero attached hydrogens (tertiary/aromatic N) is 1. The minimum absolute atomic E-state index is 0.0422. The number of amides is 2. The molecule has 0 aliphatic carbocycles. The molecule has 0 saturated carbocycles. The van der Waals surface area contributed by atoms with Gasteiger partial charge in [-0.15, -0.1) is 11.3 Å². The molecule has 0 aliphatic heterocycles. The molecule has 6 heteroatoms. The summed E-state index contributed by atoms with van der Waals surface area (Å²) in [5, 5.41) is 9.54. The lowest BCUT2D eigenvalue weighted by Crippen LogP contribution is -2.32. The van der Waals surface area contributed by atoms with Gasteiger partial charge in [0.15, 0.2) is 0 Å². The highest BCUT2D eigenvalue weighted by atomic mass is 32.1. The number of benzene rings is 1. The van der Waals surface area contributed by atoms with E-state index < -0.39 is 6.03 Å². The van der Waals surface area contributed by atoms with Gasteiger partial charge in [-0.2, -0.15) is 0 Å². The zero-order valence-electron chi connectivity index (χ0n) is 11.2. The lowest BCUT2D eigenvalue weighted by molar-refractivity contribution is -0.0286. The van der Waals surface area contributed by atoms with E-state index in [1.807, 2.05) is 18.2 Å². The fourth-order valence-electron chi connectivity index (χ4n) is 1.74. The van der Waals surface area contributed by atoms with Crippen molar-refractivity contribution >= 4 is 23.4 Å². The smallest absolute Gasteiger partial charge is 0.338 e. The molecule has 0 spiro atoms. The van der Waals surface area contributed by atoms with Gasteiger partial charge >= 0.3 is 6.03 Å². The third-order valence-corrected chi connectivity index (χ3v) is 3.84. The zero-order chi connectivity index (χ0) is 15.2. The van der Waals surface area contributed by atoms with E-state index >= 15 is 0 Å². The largest absolute Gasteiger partial charge is 0.350 e. The van der Waals surface area contributed by atoms with Crippen LogP contribution >= 0.6 is 11.3 Å². The normalized spacial score (nSPS) is 11.0. The van der Waals surface area contributed by atoms with E-state index in [0.29, 0.717) is 5.06 Å². The lowest BCUT2D eigenvalue weighted by Gasteiger charge is -2.07. The van der Waals surface area contributed by atoms with Gasteiger partial charge < -0.3 is 5.73 Å². The summed E-state index contributed by atoms with van der Waals surface area (Å²) in [4.78, 5) is 12.8. The maximum absolute atomic E-state index is 12.8. The summed E-state index contributed by atoms with van der Waals surface area (Å²) in [6, 6.07) is 9.49. The number of hydroxylamine groups is 2. The summed E-state index contributed by atoms with van der Waals surface area (Å²) < 4.78 is 12.8. The molecule has 2 amide bonds. The van der Waals surface area contributed by atoms with Crippen LogP contribution in [0.5, 0.6) is 0 Å². The van der Waals surface area contributed by atoms with Gasteiger partial charge in [0.2, 0.25) is 0 Å². The molecule has 1 aromatic heterocycles. The molecule has 1 heterocycles. The van der Waals surface area contributed by atoms with Crippen LogP contribution in [0, 0.1) is 5.82 Å². The Hall–Kier alpha value is -2.18. The van der Waals surface area contributed by atoms with Gasteiger partial charge in [0.25, 0.3) is 0 Å². The summed E-state index contributed by atoms with van der Waals surface area (Å²) in [5.74, 6) is -0.239. The monoisotopic (exact) mass is 306 g/mol. The van der Waals surface area contributed by atoms with Crippen LogP contribution in [0.4, 0.5) is 9.18 Å². The summed E-state index contributed by atoms with van der Waals surface area (Å²) in [6.45, 7) is 0.0422. The van der Waals surface area contributed by atoms with Gasteiger partial charge in [0.05, 0.1) is 6.54 Å². The lowest BCUT2D eigenvalue weighted by atomic mass is 10.1. The second-order valence-corrected chi connectivity index (χ2v) is 5.63. The highest BCUT2D eigenvalue weighted by Crippen LogP contribution is 2.21. The Kier molecular flexibility index (Phi) is 5.08. The second-order valence-electron chi connectivity index (χ2n) is 4.43. The second kappa shape index (κ2) is 7.01. The number of carbonyl (C=O) groups excluding carboxylic acids is 1. The average molecular weight is 306 g/mol. The Morgan fingerprint density at radius 2 is 2.00 bits per heavy atom. The molecule has 4 nitrogen and oxygen atoms in total. The highest BCUT2D eigenvalue weighted by molar-refractivity contribution is 7.12. The maximum Gasteiger partial charge on any atom is 0.338 e. The van der Waals surface area contributed by atoms with E-state index in [4.69, 9.17) is 10.9 Å². The molecular weight excluding hydrogens is 291 g/mol. The first-order valence-electron chi connectivity index (χ1n) is 6.30. The van der Waals surface area contributed by atoms with Crippen LogP contribution in [0.25, 0.3) is 6.08 Å². The molecule has 3 N–H and O–H groups in total. The van der Waals surface area contributed by atoms with Crippen LogP contribution in [-0.4, -0.2) is 22.8 Å². The van der Waals surface area contributed by atoms with Crippen molar-refractivity contribution in [2.75, 3.05) is 6.54 Å². The van der Waals surface area contributed by atoms with E-state index in [2.05, 4.69) is 0 Å². The van der Waals surface area contributed by atoms with Crippen molar-refractivity contribution in [2.45, 2.75) is 6.42 Å². The number of halogens is 1. The topological polar surface area (TPSA) is 66.6 Å². The molecular formula is C15H15FN2O2S. The number of thiophene rings is 1. The molecule has 0 atom stereocenters. The standard InChI is InChI=1S/C15H15FN2O2S/c16-12-5-3-11(4-6-12)10-14-8-7-13(21-14)2-1-9-18(20)15(17)19/h1-8,20H,9-10H2,(H2,17,19). The molecule has 0 bridgehead atoms. The van der Waals surface area contributed by atoms with Crippen LogP contribution in [0.1, 0.15) is 15.3 Å². The van der Waals surface area contributed by atoms with Crippen molar-refractivity contribution in [3.8, 4) is 0 Å². The first kappa shape index (κ1) is 15.2. The fourth-order valence-corrected chi connectivity index (χ4v) is 2.72. The zero-order valence-corrected chi connectivity index (χ0v) is 12.0. The van der Waals surface area contributed by atoms with E-state index in [1.54, 1.807) is 29.5 Å². The molecule has 110 valence electrons. The molecule has 21 heavy (non-hydrogen) atoms. The molecule has 1 aromatic carbocycles. The predicted molar refractivity (Wildman–Crippen MR) is 80.6 cm³/mol. The van der Waals surface area contributed by atoms with Crippen molar-refractivity contribution in [3.05, 3.63) is 63.6 Å². The molecule has 0 fully saturated rings. The van der Waals surface area contributed by atoms with E-state index in [1.165, 1.54) is 12.1 Å². The van der Waals surface area contributed by atoms with Gasteiger partial charge in [-0.3, -0.25) is 5.21 Å². The molecule has 0 unspecified atom stereocenters. The number of primary amides is 1. The summed E-state index contributed by atoms with van der Waals surface area (Å²) in [7, 11) is 0. The first-order valence-corrected chi connectivity index (χ1v) is 7.12. The Bertz CT molecular complexity index is 637. The third kappa shape index (κ3) is 4.70. The Balaban J connectivity index is 1.93. The summed E-state index contributed by atoms with van der Waals surface area (Å²) in [5.41, 5.74) is 5.94. The molecule has 0 saturated heterocycles. The number of hydrogen-bond acceptors (Lipinski definition) is 3. The van der Waals surface area contributed by atoms with Gasteiger partial charge in [-0.1, -0.05) is 18.2 Å². The van der Waals surface area contributed by atoms with Crippen molar-refractivity contribution in [3.63, 3.8) is 0 Å². The quantitative estimate of drug-likeness (QED) is 0.657. The van der Waals surface area contributed by atoms with E-state index in [9.17, 15) is 9.18 Å². The van der Waals surface area contributed by atoms with Crippen molar-refractivity contribution in [1.82, 2.24) is 5.06 Å². The van der Waals surface area contributed by atoms with E-state index in [0.717, 1.165) is 21.7 Å². The maximum atomic E-state index is 12.8. The van der Waals surface area contributed by atoms with Gasteiger partial charge in [-0.25, -0.2) is 14.2 Å². The SMILES string of the molecule is NC(=O)N(O)CC=Cc1ccc(Cc2ccc(F)cc2)s1. The van der Waals surface area contributed by atoms with Crippen LogP contribution in [0.15, 0.2) is 42.5 Å². The number of rotatable bonds is 5. The van der Waals surface area contributed by atoms with Gasteiger partial charge in [-0.05, 0) is 35.9 Å². The van der Waals surface area contributed by atoms with Crippen LogP contribution < -0.4 is 5.73 Å². The van der Waals surface area contributed by atoms with Crippen molar-refractivity contribution in [1.29, 1.82) is 0 Å². The van der Waals surface area contributed by atoms with Crippen LogP contribution in [0.3, 0.4) is 0 Å². The van der Waals surface area contributed by atoms with Crippen LogP contribution in [0.2, 0.25) is 0 Å². The van der Waals surface area contributed by atoms with Crippen molar-refractivity contribution < 1.29 is 14.4 Å². The third-order valence-electron chi connectivity index (χ3n) is 2.79.